The lowest BCUT2D eigenvalue weighted by atomic mass is 10.1. The van der Waals surface area contributed by atoms with Gasteiger partial charge in [0, 0.05) is 11.8 Å². The largest absolute Gasteiger partial charge is 0.368 e. The van der Waals surface area contributed by atoms with Gasteiger partial charge in [-0.15, -0.1) is 0 Å². The van der Waals surface area contributed by atoms with Crippen LogP contribution in [0.2, 0.25) is 5.02 Å². The van der Waals surface area contributed by atoms with E-state index in [1.54, 1.807) is 18.3 Å². The van der Waals surface area contributed by atoms with Crippen molar-refractivity contribution in [2.24, 2.45) is 5.73 Å². The topological polar surface area (TPSA) is 76.3 Å². The third kappa shape index (κ3) is 2.53. The lowest BCUT2D eigenvalue weighted by Crippen LogP contribution is -2.35. The number of anilines is 1. The van der Waals surface area contributed by atoms with Crippen molar-refractivity contribution in [1.29, 1.82) is 0 Å². The molecule has 1 aromatic carbocycles. The van der Waals surface area contributed by atoms with E-state index in [0.717, 1.165) is 0 Å². The van der Waals surface area contributed by atoms with Crippen molar-refractivity contribution in [2.45, 2.75) is 6.42 Å². The smallest absolute Gasteiger partial charge is 0.237 e. The van der Waals surface area contributed by atoms with Crippen LogP contribution in [0.4, 0.5) is 10.1 Å². The maximum absolute atomic E-state index is 13.2. The first-order valence-electron chi connectivity index (χ1n) is 6.48. The average molecular weight is 320 g/mol. The first kappa shape index (κ1) is 14.5. The summed E-state index contributed by atoms with van der Waals surface area (Å²) in [5.74, 6) is -1.34. The zero-order valence-corrected chi connectivity index (χ0v) is 12.1. The summed E-state index contributed by atoms with van der Waals surface area (Å²) in [6, 6.07) is 6.03. The molecule has 2 aromatic rings. The van der Waals surface area contributed by atoms with Gasteiger partial charge < -0.3 is 10.6 Å². The number of aromatic nitrogens is 1. The Bertz CT molecular complexity index is 794. The third-order valence-corrected chi connectivity index (χ3v) is 3.71. The van der Waals surface area contributed by atoms with E-state index in [0.29, 0.717) is 22.5 Å². The van der Waals surface area contributed by atoms with Crippen molar-refractivity contribution >= 4 is 29.1 Å². The Morgan fingerprint density at radius 1 is 1.36 bits per heavy atom. The number of pyridine rings is 1. The molecule has 0 bridgehead atoms. The van der Waals surface area contributed by atoms with E-state index >= 15 is 0 Å². The molecule has 2 heterocycles. The van der Waals surface area contributed by atoms with E-state index in [2.05, 4.69) is 4.98 Å². The van der Waals surface area contributed by atoms with Crippen molar-refractivity contribution in [2.75, 3.05) is 11.4 Å². The number of hydrogen-bond donors (Lipinski definition) is 1. The standard InChI is InChI=1S/C15H11ClFN3O2/c16-10-3-8(1-2-11(10)17)9-4-13-12(19-6-9)5-15(22)20(13)7-14(18)21/h1-4,6H,5,7H2,(H2,18,21). The Hall–Kier alpha value is -2.47. The number of halogens is 2. The summed E-state index contributed by atoms with van der Waals surface area (Å²) in [7, 11) is 0. The molecule has 5 nitrogen and oxygen atoms in total. The van der Waals surface area contributed by atoms with Crippen molar-refractivity contribution in [3.63, 3.8) is 0 Å². The molecule has 0 spiro atoms. The van der Waals surface area contributed by atoms with Crippen LogP contribution in [0.15, 0.2) is 30.5 Å². The van der Waals surface area contributed by atoms with Crippen LogP contribution < -0.4 is 10.6 Å². The second kappa shape index (κ2) is 5.38. The number of hydrogen-bond acceptors (Lipinski definition) is 3. The molecule has 1 aliphatic rings. The van der Waals surface area contributed by atoms with Crippen LogP contribution in [0.1, 0.15) is 5.69 Å². The molecule has 3 rings (SSSR count). The lowest BCUT2D eigenvalue weighted by molar-refractivity contribution is -0.121. The van der Waals surface area contributed by atoms with Crippen LogP contribution >= 0.6 is 11.6 Å². The number of carbonyl (C=O) groups excluding carboxylic acids is 2. The molecule has 0 atom stereocenters. The van der Waals surface area contributed by atoms with Gasteiger partial charge in [0.2, 0.25) is 11.8 Å². The molecule has 0 saturated carbocycles. The minimum Gasteiger partial charge on any atom is -0.368 e. The number of rotatable bonds is 3. The molecule has 2 amide bonds. The molecule has 1 aliphatic heterocycles. The Kier molecular flexibility index (Phi) is 3.54. The summed E-state index contributed by atoms with van der Waals surface area (Å²) >= 11 is 5.78. The summed E-state index contributed by atoms with van der Waals surface area (Å²) in [6.07, 6.45) is 1.72. The van der Waals surface area contributed by atoms with Gasteiger partial charge in [-0.05, 0) is 23.8 Å². The highest BCUT2D eigenvalue weighted by Gasteiger charge is 2.29. The normalized spacial score (nSPS) is 13.4. The van der Waals surface area contributed by atoms with E-state index in [1.807, 2.05) is 0 Å². The van der Waals surface area contributed by atoms with Crippen LogP contribution in [-0.2, 0) is 16.0 Å². The van der Waals surface area contributed by atoms with Gasteiger partial charge in [-0.25, -0.2) is 4.39 Å². The maximum atomic E-state index is 13.2. The summed E-state index contributed by atoms with van der Waals surface area (Å²) in [5.41, 5.74) is 7.63. The summed E-state index contributed by atoms with van der Waals surface area (Å²) < 4.78 is 13.2. The Morgan fingerprint density at radius 2 is 2.14 bits per heavy atom. The molecule has 0 unspecified atom stereocenters. The predicted molar refractivity (Wildman–Crippen MR) is 79.9 cm³/mol. The number of fused-ring (bicyclic) bond motifs is 1. The molecule has 7 heteroatoms. The van der Waals surface area contributed by atoms with Crippen molar-refractivity contribution in [3.8, 4) is 11.1 Å². The molecule has 1 aromatic heterocycles. The number of amides is 2. The van der Waals surface area contributed by atoms with Gasteiger partial charge in [0.25, 0.3) is 0 Å². The van der Waals surface area contributed by atoms with E-state index in [-0.39, 0.29) is 23.9 Å². The van der Waals surface area contributed by atoms with Gasteiger partial charge in [-0.3, -0.25) is 14.6 Å². The highest BCUT2D eigenvalue weighted by Crippen LogP contribution is 2.32. The van der Waals surface area contributed by atoms with Gasteiger partial charge in [0.15, 0.2) is 0 Å². The van der Waals surface area contributed by atoms with Crippen molar-refractivity contribution < 1.29 is 14.0 Å². The molecule has 0 radical (unpaired) electrons. The second-order valence-corrected chi connectivity index (χ2v) is 5.35. The van der Waals surface area contributed by atoms with Crippen LogP contribution in [0.3, 0.4) is 0 Å². The van der Waals surface area contributed by atoms with E-state index < -0.39 is 11.7 Å². The number of benzene rings is 1. The summed E-state index contributed by atoms with van der Waals surface area (Å²) in [6.45, 7) is -0.193. The average Bonchev–Trinajstić information content (AvgIpc) is 2.77. The third-order valence-electron chi connectivity index (χ3n) is 3.42. The minimum absolute atomic E-state index is 0.00284. The quantitative estimate of drug-likeness (QED) is 0.939. The highest BCUT2D eigenvalue weighted by atomic mass is 35.5. The SMILES string of the molecule is NC(=O)CN1C(=O)Cc2ncc(-c3ccc(F)c(Cl)c3)cc21. The predicted octanol–water partition coefficient (Wildman–Crippen LogP) is 1.92. The highest BCUT2D eigenvalue weighted by molar-refractivity contribution is 6.31. The fourth-order valence-electron chi connectivity index (χ4n) is 2.39. The van der Waals surface area contributed by atoms with Crippen LogP contribution in [0.25, 0.3) is 11.1 Å². The summed E-state index contributed by atoms with van der Waals surface area (Å²) in [4.78, 5) is 28.6. The molecule has 0 fully saturated rings. The number of nitrogens with zero attached hydrogens (tertiary/aromatic N) is 2. The van der Waals surface area contributed by atoms with E-state index in [4.69, 9.17) is 17.3 Å². The Balaban J connectivity index is 2.03. The summed E-state index contributed by atoms with van der Waals surface area (Å²) in [5, 5.41) is 0.00284. The molecule has 0 aliphatic carbocycles. The molecule has 0 saturated heterocycles. The minimum atomic E-state index is -0.601. The van der Waals surface area contributed by atoms with Gasteiger partial charge >= 0.3 is 0 Å². The van der Waals surface area contributed by atoms with Gasteiger partial charge in [-0.1, -0.05) is 17.7 Å². The first-order chi connectivity index (χ1) is 10.5. The molecule has 2 N–H and O–H groups in total. The monoisotopic (exact) mass is 319 g/mol. The van der Waals surface area contributed by atoms with E-state index in [9.17, 15) is 14.0 Å². The fourth-order valence-corrected chi connectivity index (χ4v) is 2.57. The first-order valence-corrected chi connectivity index (χ1v) is 6.86. The maximum Gasteiger partial charge on any atom is 0.237 e. The van der Waals surface area contributed by atoms with Crippen molar-refractivity contribution in [3.05, 3.63) is 47.0 Å². The molecular weight excluding hydrogens is 309 g/mol. The number of primary amides is 1. The second-order valence-electron chi connectivity index (χ2n) is 4.94. The number of nitrogens with two attached hydrogens (primary N) is 1. The van der Waals surface area contributed by atoms with Crippen LogP contribution in [-0.4, -0.2) is 23.3 Å². The van der Waals surface area contributed by atoms with Crippen molar-refractivity contribution in [1.82, 2.24) is 4.98 Å². The van der Waals surface area contributed by atoms with Gasteiger partial charge in [-0.2, -0.15) is 0 Å². The van der Waals surface area contributed by atoms with Gasteiger partial charge in [0.1, 0.15) is 12.4 Å². The van der Waals surface area contributed by atoms with Crippen LogP contribution in [0.5, 0.6) is 0 Å². The lowest BCUT2D eigenvalue weighted by Gasteiger charge is -2.15. The molecule has 112 valence electrons. The molecular formula is C15H11ClFN3O2. The van der Waals surface area contributed by atoms with E-state index in [1.165, 1.54) is 17.0 Å². The zero-order chi connectivity index (χ0) is 15.9. The zero-order valence-electron chi connectivity index (χ0n) is 11.3. The Labute approximate surface area is 130 Å². The Morgan fingerprint density at radius 3 is 2.82 bits per heavy atom. The van der Waals surface area contributed by atoms with Crippen LogP contribution in [0, 0.1) is 5.82 Å². The number of carbonyl (C=O) groups is 2. The molecule has 22 heavy (non-hydrogen) atoms. The van der Waals surface area contributed by atoms with Gasteiger partial charge in [0.05, 0.1) is 22.8 Å². The fraction of sp³-hybridized carbons (Fsp3) is 0.133.